The molecule has 2 aromatic carbocycles. The molecule has 0 saturated carbocycles. The normalized spacial score (nSPS) is 12.6. The maximum atomic E-state index is 11.0. The number of carbonyl (C=O) groups excluding carboxylic acids is 1. The van der Waals surface area contributed by atoms with Crippen molar-refractivity contribution in [3.8, 4) is 11.4 Å². The van der Waals surface area contributed by atoms with E-state index in [1.165, 1.54) is 0 Å². The van der Waals surface area contributed by atoms with Crippen LogP contribution in [0.25, 0.3) is 11.4 Å². The molecule has 5 nitrogen and oxygen atoms in total. The number of carbonyl (C=O) groups is 1. The van der Waals surface area contributed by atoms with Crippen molar-refractivity contribution >= 4 is 40.8 Å². The minimum absolute atomic E-state index is 0.234. The number of aromatic nitrogens is 2. The van der Waals surface area contributed by atoms with E-state index >= 15 is 0 Å². The molecule has 3 N–H and O–H groups in total. The van der Waals surface area contributed by atoms with Gasteiger partial charge >= 0.3 is 0 Å². The SMILES string of the molecule is NC(=O)Cc1ccc(Nc2nc(-c3cccc(Cl)c3)nc3c2SCC3)cc1. The average molecular weight is 397 g/mol. The highest BCUT2D eigenvalue weighted by atomic mass is 35.5. The number of aryl methyl sites for hydroxylation is 1. The van der Waals surface area contributed by atoms with Crippen LogP contribution in [0, 0.1) is 0 Å². The van der Waals surface area contributed by atoms with Crippen molar-refractivity contribution in [3.05, 3.63) is 64.8 Å². The highest BCUT2D eigenvalue weighted by molar-refractivity contribution is 7.99. The van der Waals surface area contributed by atoms with Crippen LogP contribution in [-0.4, -0.2) is 21.6 Å². The first-order valence-electron chi connectivity index (χ1n) is 8.52. The van der Waals surface area contributed by atoms with Crippen LogP contribution in [0.5, 0.6) is 0 Å². The maximum absolute atomic E-state index is 11.0. The second kappa shape index (κ2) is 7.58. The number of anilines is 2. The maximum Gasteiger partial charge on any atom is 0.221 e. The van der Waals surface area contributed by atoms with Gasteiger partial charge in [0.15, 0.2) is 5.82 Å². The smallest absolute Gasteiger partial charge is 0.221 e. The van der Waals surface area contributed by atoms with Crippen molar-refractivity contribution in [2.75, 3.05) is 11.1 Å². The summed E-state index contributed by atoms with van der Waals surface area (Å²) >= 11 is 7.88. The highest BCUT2D eigenvalue weighted by Crippen LogP contribution is 2.38. The molecule has 0 unspecified atom stereocenters. The predicted molar refractivity (Wildman–Crippen MR) is 110 cm³/mol. The monoisotopic (exact) mass is 396 g/mol. The van der Waals surface area contributed by atoms with Crippen LogP contribution >= 0.6 is 23.4 Å². The van der Waals surface area contributed by atoms with E-state index in [4.69, 9.17) is 27.3 Å². The molecule has 27 heavy (non-hydrogen) atoms. The first-order valence-corrected chi connectivity index (χ1v) is 9.89. The van der Waals surface area contributed by atoms with Gasteiger partial charge in [-0.15, -0.1) is 11.8 Å². The summed E-state index contributed by atoms with van der Waals surface area (Å²) < 4.78 is 0. The summed E-state index contributed by atoms with van der Waals surface area (Å²) in [5.74, 6) is 2.11. The van der Waals surface area contributed by atoms with Crippen LogP contribution < -0.4 is 11.1 Å². The summed E-state index contributed by atoms with van der Waals surface area (Å²) in [5, 5.41) is 4.05. The van der Waals surface area contributed by atoms with E-state index in [0.717, 1.165) is 45.4 Å². The van der Waals surface area contributed by atoms with Gasteiger partial charge in [0.1, 0.15) is 5.82 Å². The highest BCUT2D eigenvalue weighted by Gasteiger charge is 2.21. The molecular weight excluding hydrogens is 380 g/mol. The molecule has 0 atom stereocenters. The Labute approximate surface area is 166 Å². The number of halogens is 1. The first kappa shape index (κ1) is 17.8. The van der Waals surface area contributed by atoms with E-state index in [1.807, 2.05) is 48.5 Å². The number of nitrogens with two attached hydrogens (primary N) is 1. The molecule has 136 valence electrons. The fourth-order valence-corrected chi connectivity index (χ4v) is 4.19. The molecule has 0 aliphatic carbocycles. The van der Waals surface area contributed by atoms with Crippen LogP contribution in [0.2, 0.25) is 5.02 Å². The Kier molecular flexibility index (Phi) is 5.01. The number of amides is 1. The Morgan fingerprint density at radius 2 is 2.00 bits per heavy atom. The minimum atomic E-state index is -0.341. The van der Waals surface area contributed by atoms with E-state index in [1.54, 1.807) is 11.8 Å². The van der Waals surface area contributed by atoms with Gasteiger partial charge in [0.05, 0.1) is 17.0 Å². The molecule has 1 aliphatic rings. The van der Waals surface area contributed by atoms with Gasteiger partial charge < -0.3 is 11.1 Å². The first-order chi connectivity index (χ1) is 13.1. The quantitative estimate of drug-likeness (QED) is 0.674. The van der Waals surface area contributed by atoms with Crippen LogP contribution in [0.3, 0.4) is 0 Å². The second-order valence-electron chi connectivity index (χ2n) is 6.25. The molecule has 7 heteroatoms. The zero-order valence-electron chi connectivity index (χ0n) is 14.4. The number of hydrogen-bond donors (Lipinski definition) is 2. The molecule has 1 aromatic heterocycles. The molecule has 0 radical (unpaired) electrons. The Morgan fingerprint density at radius 3 is 2.74 bits per heavy atom. The number of hydrogen-bond acceptors (Lipinski definition) is 5. The molecule has 1 aliphatic heterocycles. The number of nitrogens with zero attached hydrogens (tertiary/aromatic N) is 2. The number of nitrogens with one attached hydrogen (secondary N) is 1. The van der Waals surface area contributed by atoms with Crippen molar-refractivity contribution in [1.29, 1.82) is 0 Å². The lowest BCUT2D eigenvalue weighted by atomic mass is 10.1. The average Bonchev–Trinajstić information content (AvgIpc) is 3.12. The minimum Gasteiger partial charge on any atom is -0.369 e. The van der Waals surface area contributed by atoms with Crippen LogP contribution in [0.15, 0.2) is 53.4 Å². The summed E-state index contributed by atoms with van der Waals surface area (Å²) in [6, 6.07) is 15.2. The number of benzene rings is 2. The Bertz CT molecular complexity index is 1010. The predicted octanol–water partition coefficient (Wildman–Crippen LogP) is 4.22. The van der Waals surface area contributed by atoms with Gasteiger partial charge in [0.2, 0.25) is 5.91 Å². The molecule has 0 fully saturated rings. The molecule has 1 amide bonds. The molecule has 0 bridgehead atoms. The Hall–Kier alpha value is -2.57. The van der Waals surface area contributed by atoms with Crippen molar-refractivity contribution < 1.29 is 4.79 Å². The number of primary amides is 1. The van der Waals surface area contributed by atoms with Crippen LogP contribution in [0.1, 0.15) is 11.3 Å². The van der Waals surface area contributed by atoms with E-state index in [0.29, 0.717) is 10.8 Å². The van der Waals surface area contributed by atoms with E-state index < -0.39 is 0 Å². The summed E-state index contributed by atoms with van der Waals surface area (Å²) in [4.78, 5) is 21.6. The van der Waals surface area contributed by atoms with Gasteiger partial charge in [-0.05, 0) is 29.8 Å². The van der Waals surface area contributed by atoms with Crippen molar-refractivity contribution in [2.24, 2.45) is 5.73 Å². The summed E-state index contributed by atoms with van der Waals surface area (Å²) in [6.45, 7) is 0. The lowest BCUT2D eigenvalue weighted by molar-refractivity contribution is -0.117. The fraction of sp³-hybridized carbons (Fsp3) is 0.150. The lowest BCUT2D eigenvalue weighted by Gasteiger charge is -2.12. The third-order valence-electron chi connectivity index (χ3n) is 4.20. The lowest BCUT2D eigenvalue weighted by Crippen LogP contribution is -2.13. The fourth-order valence-electron chi connectivity index (χ4n) is 2.95. The van der Waals surface area contributed by atoms with Crippen LogP contribution in [-0.2, 0) is 17.6 Å². The number of fused-ring (bicyclic) bond motifs is 1. The van der Waals surface area contributed by atoms with Crippen molar-refractivity contribution in [2.45, 2.75) is 17.7 Å². The van der Waals surface area contributed by atoms with Gasteiger partial charge in [-0.2, -0.15) is 0 Å². The largest absolute Gasteiger partial charge is 0.369 e. The topological polar surface area (TPSA) is 80.9 Å². The summed E-state index contributed by atoms with van der Waals surface area (Å²) in [5.41, 5.74) is 8.97. The number of thioether (sulfide) groups is 1. The standard InChI is InChI=1S/C20H17ClN4OS/c21-14-3-1-2-13(11-14)19-24-16-8-9-27-18(16)20(25-19)23-15-6-4-12(5-7-15)10-17(22)26/h1-7,11H,8-10H2,(H2,22,26)(H,23,24,25). The Balaban J connectivity index is 1.67. The molecule has 0 spiro atoms. The third kappa shape index (κ3) is 4.07. The summed E-state index contributed by atoms with van der Waals surface area (Å²) in [6.07, 6.45) is 1.15. The second-order valence-corrected chi connectivity index (χ2v) is 7.79. The summed E-state index contributed by atoms with van der Waals surface area (Å²) in [7, 11) is 0. The van der Waals surface area contributed by atoms with Gasteiger partial charge in [-0.25, -0.2) is 9.97 Å². The van der Waals surface area contributed by atoms with Crippen molar-refractivity contribution in [1.82, 2.24) is 9.97 Å². The zero-order chi connectivity index (χ0) is 18.8. The van der Waals surface area contributed by atoms with Crippen molar-refractivity contribution in [3.63, 3.8) is 0 Å². The molecular formula is C20H17ClN4OS. The van der Waals surface area contributed by atoms with E-state index in [9.17, 15) is 4.79 Å². The van der Waals surface area contributed by atoms with Crippen LogP contribution in [0.4, 0.5) is 11.5 Å². The molecule has 0 saturated heterocycles. The van der Waals surface area contributed by atoms with Gasteiger partial charge in [0.25, 0.3) is 0 Å². The van der Waals surface area contributed by atoms with Gasteiger partial charge in [-0.1, -0.05) is 35.9 Å². The van der Waals surface area contributed by atoms with Gasteiger partial charge in [0, 0.05) is 28.4 Å². The van der Waals surface area contributed by atoms with Gasteiger partial charge in [-0.3, -0.25) is 4.79 Å². The Morgan fingerprint density at radius 1 is 1.19 bits per heavy atom. The number of rotatable bonds is 5. The van der Waals surface area contributed by atoms with E-state index in [2.05, 4.69) is 5.32 Å². The molecule has 2 heterocycles. The third-order valence-corrected chi connectivity index (χ3v) is 5.56. The zero-order valence-corrected chi connectivity index (χ0v) is 16.0. The molecule has 4 rings (SSSR count). The van der Waals surface area contributed by atoms with E-state index in [-0.39, 0.29) is 12.3 Å². The molecule has 3 aromatic rings.